The molecule has 0 heterocycles. The Balaban J connectivity index is 7.06. The number of allylic oxidation sites excluding steroid dienone is 1. The van der Waals surface area contributed by atoms with E-state index in [1.54, 1.807) is 0 Å². The van der Waals surface area contributed by atoms with Crippen molar-refractivity contribution in [2.75, 3.05) is 0 Å². The minimum absolute atomic E-state index is 0.659. The van der Waals surface area contributed by atoms with Crippen LogP contribution in [0.2, 0.25) is 54.4 Å². The molecule has 0 fully saturated rings. The topological polar surface area (TPSA) is 0 Å². The first-order valence-corrected chi connectivity index (χ1v) is 20.8. The molecule has 0 amide bonds. The molecule has 0 atom stereocenters. The zero-order valence-corrected chi connectivity index (χ0v) is 25.6. The second-order valence-electron chi connectivity index (χ2n) is 9.30. The zero-order valence-electron chi connectivity index (χ0n) is 22.6. The highest BCUT2D eigenvalue weighted by Crippen LogP contribution is 2.29. The lowest BCUT2D eigenvalue weighted by Gasteiger charge is -2.26. The van der Waals surface area contributed by atoms with E-state index in [-0.39, 0.29) is 0 Å². The molecule has 0 aromatic rings. The molecule has 0 N–H and O–H groups in total. The highest BCUT2D eigenvalue weighted by molar-refractivity contribution is 6.88. The fraction of sp³-hybridized carbons (Fsp3) is 0.714. The maximum absolute atomic E-state index is 4.40. The predicted molar refractivity (Wildman–Crippen MR) is 152 cm³/mol. The summed E-state index contributed by atoms with van der Waals surface area (Å²) in [4.78, 5) is 0. The third-order valence-corrected chi connectivity index (χ3v) is 22.4. The van der Waals surface area contributed by atoms with Gasteiger partial charge in [0, 0.05) is 0 Å². The van der Waals surface area contributed by atoms with Crippen LogP contribution < -0.4 is 0 Å². The van der Waals surface area contributed by atoms with Gasteiger partial charge in [0.15, 0.2) is 5.41 Å². The Morgan fingerprint density at radius 3 is 0.839 bits per heavy atom. The normalized spacial score (nSPS) is 12.1. The van der Waals surface area contributed by atoms with E-state index < -0.39 is 29.6 Å². The van der Waals surface area contributed by atoms with Gasteiger partial charge in [-0.15, -0.1) is 16.6 Å². The van der Waals surface area contributed by atoms with Crippen molar-refractivity contribution in [2.24, 2.45) is 5.41 Å². The molecule has 0 aromatic carbocycles. The summed E-state index contributed by atoms with van der Waals surface area (Å²) < 4.78 is 0. The van der Waals surface area contributed by atoms with Gasteiger partial charge in [-0.05, 0) is 66.9 Å². The largest absolute Gasteiger partial charge is 0.170 e. The summed E-state index contributed by atoms with van der Waals surface area (Å²) in [6, 6.07) is 10.8. The van der Waals surface area contributed by atoms with Crippen LogP contribution >= 0.6 is 0 Å². The Hall–Kier alpha value is -0.929. The van der Waals surface area contributed by atoms with Crippen molar-refractivity contribution >= 4 is 24.2 Å². The first-order chi connectivity index (χ1) is 14.6. The molecule has 0 nitrogen and oxygen atoms in total. The van der Waals surface area contributed by atoms with Crippen LogP contribution in [-0.4, -0.2) is 24.2 Å². The Morgan fingerprint density at radius 1 is 0.516 bits per heavy atom. The minimum Gasteiger partial charge on any atom is -0.128 e. The molecular weight excluding hydrogens is 421 g/mol. The van der Waals surface area contributed by atoms with Gasteiger partial charge in [-0.2, -0.15) is 0 Å². The lowest BCUT2D eigenvalue weighted by molar-refractivity contribution is 0.861. The van der Waals surface area contributed by atoms with Crippen molar-refractivity contribution in [1.82, 2.24) is 0 Å². The molecule has 0 bridgehead atoms. The van der Waals surface area contributed by atoms with Crippen molar-refractivity contribution in [3.63, 3.8) is 0 Å². The van der Waals surface area contributed by atoms with Gasteiger partial charge in [0.2, 0.25) is 0 Å². The van der Waals surface area contributed by atoms with E-state index in [9.17, 15) is 0 Å². The lowest BCUT2D eigenvalue weighted by Crippen LogP contribution is -2.33. The van der Waals surface area contributed by atoms with E-state index in [1.807, 2.05) is 0 Å². The summed E-state index contributed by atoms with van der Waals surface area (Å²) in [6.45, 7) is 27.4. The summed E-state index contributed by atoms with van der Waals surface area (Å²) in [7, 11) is -4.76. The molecule has 0 aliphatic carbocycles. The second kappa shape index (κ2) is 13.6. The lowest BCUT2D eigenvalue weighted by atomic mass is 9.84. The van der Waals surface area contributed by atoms with Gasteiger partial charge in [0.25, 0.3) is 0 Å². The monoisotopic (exact) mass is 470 g/mol. The molecule has 0 rings (SSSR count). The fourth-order valence-corrected chi connectivity index (χ4v) is 11.6. The smallest absolute Gasteiger partial charge is 0.128 e. The van der Waals surface area contributed by atoms with Gasteiger partial charge in [0.05, 0.1) is 0 Å². The summed E-state index contributed by atoms with van der Waals surface area (Å²) in [5, 5.41) is 0. The molecule has 0 spiro atoms. The van der Waals surface area contributed by atoms with Gasteiger partial charge in [-0.1, -0.05) is 86.7 Å². The average molecular weight is 471 g/mol. The van der Waals surface area contributed by atoms with Gasteiger partial charge >= 0.3 is 0 Å². The third-order valence-electron chi connectivity index (χ3n) is 8.28. The van der Waals surface area contributed by atoms with Crippen LogP contribution in [0.15, 0.2) is 12.2 Å². The summed E-state index contributed by atoms with van der Waals surface area (Å²) >= 11 is 0. The fourth-order valence-electron chi connectivity index (χ4n) is 4.14. The molecular formula is C28H50Si3. The van der Waals surface area contributed by atoms with Crippen molar-refractivity contribution in [3.05, 3.63) is 12.2 Å². The maximum Gasteiger partial charge on any atom is 0.170 e. The van der Waals surface area contributed by atoms with E-state index >= 15 is 0 Å². The van der Waals surface area contributed by atoms with Crippen molar-refractivity contribution in [1.29, 1.82) is 0 Å². The first-order valence-electron chi connectivity index (χ1n) is 12.9. The molecule has 31 heavy (non-hydrogen) atoms. The van der Waals surface area contributed by atoms with Crippen LogP contribution in [0.5, 0.6) is 0 Å². The minimum atomic E-state index is -1.59. The average Bonchev–Trinajstić information content (AvgIpc) is 2.81. The van der Waals surface area contributed by atoms with Crippen LogP contribution in [0.25, 0.3) is 0 Å². The summed E-state index contributed by atoms with van der Waals surface area (Å²) in [5.74, 6) is 11.2. The molecule has 3 heteroatoms. The first kappa shape index (κ1) is 30.1. The Morgan fingerprint density at radius 2 is 0.710 bits per heavy atom. The molecule has 0 aromatic heterocycles. The van der Waals surface area contributed by atoms with E-state index in [0.29, 0.717) is 0 Å². The predicted octanol–water partition coefficient (Wildman–Crippen LogP) is 8.70. The van der Waals surface area contributed by atoms with E-state index in [0.717, 1.165) is 5.57 Å². The van der Waals surface area contributed by atoms with Crippen LogP contribution in [0, 0.1) is 39.8 Å². The number of hydrogen-bond acceptors (Lipinski definition) is 0. The third kappa shape index (κ3) is 7.56. The van der Waals surface area contributed by atoms with Crippen LogP contribution in [0.1, 0.15) is 69.2 Å². The van der Waals surface area contributed by atoms with Gasteiger partial charge < -0.3 is 0 Å². The maximum atomic E-state index is 4.40. The van der Waals surface area contributed by atoms with Crippen LogP contribution in [0.4, 0.5) is 0 Å². The molecule has 0 aliphatic heterocycles. The summed E-state index contributed by atoms with van der Waals surface area (Å²) in [6.07, 6.45) is 0. The zero-order chi connectivity index (χ0) is 24.2. The Bertz CT molecular complexity index is 627. The quantitative estimate of drug-likeness (QED) is 0.170. The number of rotatable bonds is 10. The standard InChI is InChI=1S/C28H50Si3/c1-12-29(13-2,14-3)24-21-28(27(10)11,22-25-30(15-4,16-5)17-6)23-26-31(18-7,19-8)20-9/h10,12-20H2,1-9,11H3. The molecule has 0 saturated carbocycles. The van der Waals surface area contributed by atoms with Crippen molar-refractivity contribution < 1.29 is 0 Å². The van der Waals surface area contributed by atoms with Crippen molar-refractivity contribution in [2.45, 2.75) is 124 Å². The van der Waals surface area contributed by atoms with Gasteiger partial charge in [0.1, 0.15) is 24.2 Å². The second-order valence-corrected chi connectivity index (χ2v) is 24.1. The SMILES string of the molecule is C=C(C)C(C#C[Si](CC)(CC)CC)(C#C[Si](CC)(CC)CC)C#C[Si](CC)(CC)CC. The Labute approximate surface area is 199 Å². The molecule has 0 aliphatic rings. The van der Waals surface area contributed by atoms with E-state index in [1.165, 1.54) is 54.4 Å². The highest BCUT2D eigenvalue weighted by atomic mass is 28.3. The molecule has 0 unspecified atom stereocenters. The highest BCUT2D eigenvalue weighted by Gasteiger charge is 2.32. The van der Waals surface area contributed by atoms with Crippen molar-refractivity contribution in [3.8, 4) is 34.4 Å². The van der Waals surface area contributed by atoms with E-state index in [4.69, 9.17) is 0 Å². The molecule has 0 radical (unpaired) electrons. The molecule has 0 saturated heterocycles. The number of hydrogen-bond donors (Lipinski definition) is 0. The molecule has 174 valence electrons. The van der Waals surface area contributed by atoms with Gasteiger partial charge in [-0.25, -0.2) is 0 Å². The Kier molecular flexibility index (Phi) is 13.2. The van der Waals surface area contributed by atoms with Gasteiger partial charge in [-0.3, -0.25) is 0 Å². The van der Waals surface area contributed by atoms with E-state index in [2.05, 4.69) is 110 Å². The summed E-state index contributed by atoms with van der Waals surface area (Å²) in [5.41, 5.74) is 11.9. The van der Waals surface area contributed by atoms with Crippen LogP contribution in [0.3, 0.4) is 0 Å². The van der Waals surface area contributed by atoms with Crippen LogP contribution in [-0.2, 0) is 0 Å².